The van der Waals surface area contributed by atoms with Crippen LogP contribution in [-0.2, 0) is 27.2 Å². The van der Waals surface area contributed by atoms with Crippen molar-refractivity contribution in [2.75, 3.05) is 26.8 Å². The third kappa shape index (κ3) is 5.36. The molecule has 0 unspecified atom stereocenters. The Balaban J connectivity index is 1.46. The fourth-order valence-corrected chi connectivity index (χ4v) is 5.81. The number of nitrogens with two attached hydrogens (primary N) is 1. The molecule has 36 heavy (non-hydrogen) atoms. The molecular weight excluding hydrogens is 458 g/mol. The van der Waals surface area contributed by atoms with Gasteiger partial charge in [-0.3, -0.25) is 10.2 Å². The minimum Gasteiger partial charge on any atom is -0.466 e. The zero-order valence-electron chi connectivity index (χ0n) is 21.7. The average molecular weight is 498 g/mol. The predicted octanol–water partition coefficient (Wildman–Crippen LogP) is 3.50. The SMILES string of the molecule is CCOC(=O)C[C@H]1C[C@@H](OC)CN1C(=O)N1CCC[C@H]1CCc1cc2ccc(C(=N)N)cc2n1CC. The van der Waals surface area contributed by atoms with E-state index >= 15 is 0 Å². The van der Waals surface area contributed by atoms with E-state index in [4.69, 9.17) is 20.6 Å². The lowest BCUT2D eigenvalue weighted by atomic mass is 10.1. The van der Waals surface area contributed by atoms with Crippen molar-refractivity contribution in [3.63, 3.8) is 0 Å². The molecule has 2 fully saturated rings. The highest BCUT2D eigenvalue weighted by Crippen LogP contribution is 2.30. The van der Waals surface area contributed by atoms with Crippen LogP contribution >= 0.6 is 0 Å². The van der Waals surface area contributed by atoms with Crippen molar-refractivity contribution in [2.24, 2.45) is 5.73 Å². The van der Waals surface area contributed by atoms with Crippen LogP contribution in [0.3, 0.4) is 0 Å². The van der Waals surface area contributed by atoms with E-state index < -0.39 is 0 Å². The molecule has 0 bridgehead atoms. The van der Waals surface area contributed by atoms with Crippen molar-refractivity contribution in [1.29, 1.82) is 5.41 Å². The largest absolute Gasteiger partial charge is 0.466 e. The van der Waals surface area contributed by atoms with Gasteiger partial charge in [0.2, 0.25) is 0 Å². The van der Waals surface area contributed by atoms with Crippen LogP contribution in [0.15, 0.2) is 24.3 Å². The molecule has 1 aromatic heterocycles. The summed E-state index contributed by atoms with van der Waals surface area (Å²) in [5.74, 6) is -0.198. The van der Waals surface area contributed by atoms with Gasteiger partial charge in [-0.15, -0.1) is 0 Å². The molecule has 2 aromatic rings. The van der Waals surface area contributed by atoms with E-state index in [1.54, 1.807) is 14.0 Å². The Kier molecular flexibility index (Phi) is 8.18. The molecule has 196 valence electrons. The summed E-state index contributed by atoms with van der Waals surface area (Å²) in [5.41, 5.74) is 8.75. The summed E-state index contributed by atoms with van der Waals surface area (Å²) in [4.78, 5) is 29.6. The van der Waals surface area contributed by atoms with Gasteiger partial charge in [0, 0.05) is 55.6 Å². The number of esters is 1. The van der Waals surface area contributed by atoms with E-state index in [0.717, 1.165) is 55.2 Å². The Morgan fingerprint density at radius 3 is 2.67 bits per heavy atom. The summed E-state index contributed by atoms with van der Waals surface area (Å²) in [6.45, 7) is 6.33. The maximum Gasteiger partial charge on any atom is 0.320 e. The van der Waals surface area contributed by atoms with Gasteiger partial charge in [0.15, 0.2) is 0 Å². The highest BCUT2D eigenvalue weighted by Gasteiger charge is 2.41. The number of urea groups is 1. The molecule has 2 aliphatic rings. The monoisotopic (exact) mass is 497 g/mol. The molecule has 2 saturated heterocycles. The standard InChI is InChI=1S/C27H39N5O4/c1-4-30-21(13-18-8-9-19(26(28)29)14-24(18)30)11-10-20-7-6-12-31(20)27(34)32-17-23(35-3)15-22(32)16-25(33)36-5-2/h8-9,13-14,20,22-23H,4-7,10-12,15-17H2,1-3H3,(H3,28,29)/t20-,22+,23+/m0/s1. The van der Waals surface area contributed by atoms with E-state index in [-0.39, 0.29) is 42.4 Å². The summed E-state index contributed by atoms with van der Waals surface area (Å²) in [7, 11) is 1.66. The van der Waals surface area contributed by atoms with Gasteiger partial charge in [-0.1, -0.05) is 12.1 Å². The van der Waals surface area contributed by atoms with Crippen LogP contribution in [0.5, 0.6) is 0 Å². The first-order valence-corrected chi connectivity index (χ1v) is 13.1. The van der Waals surface area contributed by atoms with Crippen LogP contribution in [0.1, 0.15) is 57.2 Å². The Morgan fingerprint density at radius 1 is 1.17 bits per heavy atom. The van der Waals surface area contributed by atoms with Crippen molar-refractivity contribution < 1.29 is 19.1 Å². The maximum atomic E-state index is 13.7. The lowest BCUT2D eigenvalue weighted by molar-refractivity contribution is -0.144. The summed E-state index contributed by atoms with van der Waals surface area (Å²) in [6, 6.07) is 8.09. The molecular formula is C27H39N5O4. The van der Waals surface area contributed by atoms with Crippen molar-refractivity contribution in [2.45, 2.75) is 77.1 Å². The number of hydrogen-bond acceptors (Lipinski definition) is 5. The third-order valence-corrected chi connectivity index (χ3v) is 7.64. The van der Waals surface area contributed by atoms with Gasteiger partial charge in [0.1, 0.15) is 5.84 Å². The minimum absolute atomic E-state index is 0.00786. The van der Waals surface area contributed by atoms with Gasteiger partial charge >= 0.3 is 12.0 Å². The lowest BCUT2D eigenvalue weighted by Gasteiger charge is -2.32. The molecule has 2 amide bonds. The number of likely N-dealkylation sites (tertiary alicyclic amines) is 2. The van der Waals surface area contributed by atoms with Crippen molar-refractivity contribution in [3.05, 3.63) is 35.5 Å². The number of nitrogens with zero attached hydrogens (tertiary/aromatic N) is 3. The number of amides is 2. The van der Waals surface area contributed by atoms with Gasteiger partial charge in [-0.2, -0.15) is 0 Å². The first kappa shape index (κ1) is 26.0. The number of nitrogen functional groups attached to an aromatic ring is 1. The molecule has 3 heterocycles. The molecule has 9 heteroatoms. The van der Waals surface area contributed by atoms with Crippen LogP contribution in [0.2, 0.25) is 0 Å². The number of ether oxygens (including phenoxy) is 2. The van der Waals surface area contributed by atoms with E-state index in [0.29, 0.717) is 19.6 Å². The molecule has 0 aliphatic carbocycles. The number of methoxy groups -OCH3 is 1. The molecule has 3 N–H and O–H groups in total. The number of nitrogens with one attached hydrogen (secondary N) is 1. The number of amidine groups is 1. The second kappa shape index (κ2) is 11.3. The lowest BCUT2D eigenvalue weighted by Crippen LogP contribution is -2.48. The van der Waals surface area contributed by atoms with Crippen LogP contribution in [0.25, 0.3) is 10.9 Å². The highest BCUT2D eigenvalue weighted by atomic mass is 16.5. The van der Waals surface area contributed by atoms with Crippen LogP contribution in [0.4, 0.5) is 4.79 Å². The molecule has 0 spiro atoms. The molecule has 0 radical (unpaired) electrons. The quantitative estimate of drug-likeness (QED) is 0.313. The van der Waals surface area contributed by atoms with Crippen LogP contribution < -0.4 is 5.73 Å². The second-order valence-electron chi connectivity index (χ2n) is 9.79. The Morgan fingerprint density at radius 2 is 1.97 bits per heavy atom. The van der Waals surface area contributed by atoms with Crippen molar-refractivity contribution in [1.82, 2.24) is 14.4 Å². The molecule has 9 nitrogen and oxygen atoms in total. The third-order valence-electron chi connectivity index (χ3n) is 7.64. The number of rotatable bonds is 9. The van der Waals surface area contributed by atoms with E-state index in [2.05, 4.69) is 17.6 Å². The fraction of sp³-hybridized carbons (Fsp3) is 0.593. The summed E-state index contributed by atoms with van der Waals surface area (Å²) in [6.07, 6.45) is 4.51. The van der Waals surface area contributed by atoms with Crippen molar-refractivity contribution in [3.8, 4) is 0 Å². The first-order valence-electron chi connectivity index (χ1n) is 13.1. The average Bonchev–Trinajstić information content (AvgIpc) is 3.58. The fourth-order valence-electron chi connectivity index (χ4n) is 5.81. The molecule has 1 aromatic carbocycles. The smallest absolute Gasteiger partial charge is 0.320 e. The highest BCUT2D eigenvalue weighted by molar-refractivity contribution is 5.98. The van der Waals surface area contributed by atoms with Gasteiger partial charge in [0.25, 0.3) is 0 Å². The van der Waals surface area contributed by atoms with Crippen LogP contribution in [0, 0.1) is 5.41 Å². The van der Waals surface area contributed by atoms with E-state index in [9.17, 15) is 9.59 Å². The summed E-state index contributed by atoms with van der Waals surface area (Å²) >= 11 is 0. The Labute approximate surface area is 213 Å². The number of benzene rings is 1. The van der Waals surface area contributed by atoms with Gasteiger partial charge in [0.05, 0.1) is 19.1 Å². The number of aromatic nitrogens is 1. The second-order valence-corrected chi connectivity index (χ2v) is 9.79. The Bertz CT molecular complexity index is 1110. The molecule has 4 rings (SSSR count). The Hall–Kier alpha value is -3.07. The van der Waals surface area contributed by atoms with Crippen LogP contribution in [-0.4, -0.2) is 77.2 Å². The van der Waals surface area contributed by atoms with Gasteiger partial charge in [-0.25, -0.2) is 4.79 Å². The van der Waals surface area contributed by atoms with Gasteiger partial charge < -0.3 is 29.6 Å². The molecule has 3 atom stereocenters. The molecule has 0 saturated carbocycles. The summed E-state index contributed by atoms with van der Waals surface area (Å²) in [5, 5.41) is 8.90. The topological polar surface area (TPSA) is 114 Å². The van der Waals surface area contributed by atoms with Crippen molar-refractivity contribution >= 4 is 28.7 Å². The maximum absolute atomic E-state index is 13.7. The number of carbonyl (C=O) groups excluding carboxylic acids is 2. The number of fused-ring (bicyclic) bond motifs is 1. The molecule has 2 aliphatic heterocycles. The number of hydrogen-bond donors (Lipinski definition) is 2. The van der Waals surface area contributed by atoms with E-state index in [1.165, 1.54) is 5.69 Å². The van der Waals surface area contributed by atoms with Gasteiger partial charge in [-0.05, 0) is 63.5 Å². The van der Waals surface area contributed by atoms with E-state index in [1.807, 2.05) is 28.0 Å². The zero-order chi connectivity index (χ0) is 25.8. The zero-order valence-corrected chi connectivity index (χ0v) is 21.7. The first-order chi connectivity index (χ1) is 17.4. The minimum atomic E-state index is -0.268. The number of aryl methyl sites for hydroxylation is 2. The normalized spacial score (nSPS) is 21.9. The summed E-state index contributed by atoms with van der Waals surface area (Å²) < 4.78 is 13.0. The predicted molar refractivity (Wildman–Crippen MR) is 139 cm³/mol. The number of carbonyl (C=O) groups is 2.